The average molecular weight is 341 g/mol. The third-order valence-corrected chi connectivity index (χ3v) is 4.94. The van der Waals surface area contributed by atoms with E-state index in [1.54, 1.807) is 32.0 Å². The lowest BCUT2D eigenvalue weighted by Crippen LogP contribution is -2.48. The van der Waals surface area contributed by atoms with Crippen molar-refractivity contribution in [1.82, 2.24) is 4.72 Å². The molecule has 0 atom stereocenters. The summed E-state index contributed by atoms with van der Waals surface area (Å²) in [4.78, 5) is 0.262. The zero-order valence-electron chi connectivity index (χ0n) is 12.6. The van der Waals surface area contributed by atoms with Crippen LogP contribution in [0.2, 0.25) is 0 Å². The molecule has 0 aromatic heterocycles. The van der Waals surface area contributed by atoms with Crippen molar-refractivity contribution in [1.29, 1.82) is 0 Å². The summed E-state index contributed by atoms with van der Waals surface area (Å²) >= 11 is 0. The fourth-order valence-corrected chi connectivity index (χ4v) is 3.67. The molecular weight excluding hydrogens is 320 g/mol. The van der Waals surface area contributed by atoms with Gasteiger partial charge in [-0.15, -0.1) is 12.4 Å². The Morgan fingerprint density at radius 1 is 1.00 bits per heavy atom. The number of nitrogens with two attached hydrogens (primary N) is 1. The number of halogens is 1. The molecule has 0 unspecified atom stereocenters. The van der Waals surface area contributed by atoms with Gasteiger partial charge in [-0.25, -0.2) is 13.1 Å². The molecule has 0 radical (unpaired) electrons. The van der Waals surface area contributed by atoms with E-state index in [1.165, 1.54) is 0 Å². The minimum Gasteiger partial charge on any atom is -0.329 e. The highest BCUT2D eigenvalue weighted by Crippen LogP contribution is 2.27. The Morgan fingerprint density at radius 3 is 2.14 bits per heavy atom. The Balaban J connectivity index is 0.00000242. The molecule has 4 nitrogen and oxygen atoms in total. The van der Waals surface area contributed by atoms with Gasteiger partial charge in [0.2, 0.25) is 10.0 Å². The molecule has 0 saturated carbocycles. The molecule has 0 heterocycles. The third kappa shape index (κ3) is 4.30. The molecule has 22 heavy (non-hydrogen) atoms. The molecule has 0 bridgehead atoms. The number of rotatable bonds is 5. The van der Waals surface area contributed by atoms with Crippen molar-refractivity contribution in [2.45, 2.75) is 24.3 Å². The maximum atomic E-state index is 12.6. The van der Waals surface area contributed by atoms with E-state index in [1.807, 2.05) is 36.4 Å². The quantitative estimate of drug-likeness (QED) is 0.879. The lowest BCUT2D eigenvalue weighted by molar-refractivity contribution is 0.462. The van der Waals surface area contributed by atoms with Crippen LogP contribution in [0.4, 0.5) is 0 Å². The molecule has 0 spiro atoms. The molecule has 0 fully saturated rings. The Bertz CT molecular complexity index is 716. The summed E-state index contributed by atoms with van der Waals surface area (Å²) in [5, 5.41) is 0. The minimum absolute atomic E-state index is 0. The van der Waals surface area contributed by atoms with Crippen LogP contribution in [0.3, 0.4) is 0 Å². The van der Waals surface area contributed by atoms with E-state index in [-0.39, 0.29) is 23.8 Å². The van der Waals surface area contributed by atoms with Crippen molar-refractivity contribution in [3.8, 4) is 11.1 Å². The topological polar surface area (TPSA) is 72.2 Å². The van der Waals surface area contributed by atoms with E-state index in [4.69, 9.17) is 5.73 Å². The van der Waals surface area contributed by atoms with Crippen LogP contribution in [-0.4, -0.2) is 20.5 Å². The second kappa shape index (κ2) is 7.24. The Kier molecular flexibility index (Phi) is 6.14. The summed E-state index contributed by atoms with van der Waals surface area (Å²) in [7, 11) is -3.64. The lowest BCUT2D eigenvalue weighted by Gasteiger charge is -2.24. The monoisotopic (exact) mass is 340 g/mol. The largest absolute Gasteiger partial charge is 0.329 e. The van der Waals surface area contributed by atoms with Gasteiger partial charge in [0.05, 0.1) is 4.90 Å². The van der Waals surface area contributed by atoms with Gasteiger partial charge in [-0.3, -0.25) is 0 Å². The average Bonchev–Trinajstić information content (AvgIpc) is 2.47. The molecule has 6 heteroatoms. The van der Waals surface area contributed by atoms with E-state index < -0.39 is 15.6 Å². The summed E-state index contributed by atoms with van der Waals surface area (Å²) in [6.07, 6.45) is 0. The van der Waals surface area contributed by atoms with Gasteiger partial charge < -0.3 is 5.73 Å². The molecule has 0 aliphatic heterocycles. The van der Waals surface area contributed by atoms with Crippen molar-refractivity contribution in [2.24, 2.45) is 5.73 Å². The van der Waals surface area contributed by atoms with E-state index in [9.17, 15) is 8.42 Å². The Hall–Kier alpha value is -1.40. The highest BCUT2D eigenvalue weighted by molar-refractivity contribution is 7.89. The summed E-state index contributed by atoms with van der Waals surface area (Å²) in [5.41, 5.74) is 6.47. The van der Waals surface area contributed by atoms with Gasteiger partial charge in [0.15, 0.2) is 0 Å². The van der Waals surface area contributed by atoms with Crippen LogP contribution in [0, 0.1) is 0 Å². The molecule has 120 valence electrons. The summed E-state index contributed by atoms with van der Waals surface area (Å²) in [5.74, 6) is 0. The maximum absolute atomic E-state index is 12.6. The number of hydrogen-bond donors (Lipinski definition) is 2. The summed E-state index contributed by atoms with van der Waals surface area (Å²) < 4.78 is 27.9. The van der Waals surface area contributed by atoms with E-state index >= 15 is 0 Å². The molecule has 0 amide bonds. The van der Waals surface area contributed by atoms with Crippen LogP contribution in [0.1, 0.15) is 13.8 Å². The van der Waals surface area contributed by atoms with Crippen LogP contribution in [0.5, 0.6) is 0 Å². The van der Waals surface area contributed by atoms with E-state index in [0.717, 1.165) is 5.56 Å². The predicted octanol–water partition coefficient (Wildman–Crippen LogP) is 2.79. The maximum Gasteiger partial charge on any atom is 0.241 e. The molecule has 2 aromatic rings. The van der Waals surface area contributed by atoms with Crippen LogP contribution in [0.25, 0.3) is 11.1 Å². The van der Waals surface area contributed by atoms with Gasteiger partial charge in [-0.05, 0) is 25.5 Å². The fraction of sp³-hybridized carbons (Fsp3) is 0.250. The number of sulfonamides is 1. The zero-order valence-corrected chi connectivity index (χ0v) is 14.2. The van der Waals surface area contributed by atoms with Crippen LogP contribution >= 0.6 is 12.4 Å². The van der Waals surface area contributed by atoms with Gasteiger partial charge in [0.25, 0.3) is 0 Å². The van der Waals surface area contributed by atoms with Gasteiger partial charge >= 0.3 is 0 Å². The number of benzene rings is 2. The SMILES string of the molecule is CC(C)(CN)NS(=O)(=O)c1ccccc1-c1ccccc1.Cl. The first kappa shape index (κ1) is 18.6. The van der Waals surface area contributed by atoms with Crippen LogP contribution in [0.15, 0.2) is 59.5 Å². The highest BCUT2D eigenvalue weighted by atomic mass is 35.5. The van der Waals surface area contributed by atoms with Crippen molar-refractivity contribution in [3.63, 3.8) is 0 Å². The fourth-order valence-electron chi connectivity index (χ4n) is 2.02. The zero-order chi connectivity index (χ0) is 15.5. The first-order valence-corrected chi connectivity index (χ1v) is 8.22. The molecule has 2 aromatic carbocycles. The van der Waals surface area contributed by atoms with Crippen LogP contribution < -0.4 is 10.5 Å². The van der Waals surface area contributed by atoms with Gasteiger partial charge in [0, 0.05) is 17.6 Å². The van der Waals surface area contributed by atoms with Crippen molar-refractivity contribution in [3.05, 3.63) is 54.6 Å². The number of hydrogen-bond acceptors (Lipinski definition) is 3. The van der Waals surface area contributed by atoms with Crippen LogP contribution in [-0.2, 0) is 10.0 Å². The summed E-state index contributed by atoms with van der Waals surface area (Å²) in [6.45, 7) is 3.74. The Labute approximate surface area is 138 Å². The second-order valence-corrected chi connectivity index (χ2v) is 7.21. The highest BCUT2D eigenvalue weighted by Gasteiger charge is 2.26. The summed E-state index contributed by atoms with van der Waals surface area (Å²) in [6, 6.07) is 16.4. The van der Waals surface area contributed by atoms with Gasteiger partial charge in [-0.1, -0.05) is 48.5 Å². The molecular formula is C16H21ClN2O2S. The Morgan fingerprint density at radius 2 is 1.55 bits per heavy atom. The first-order chi connectivity index (χ1) is 9.86. The standard InChI is InChI=1S/C16H20N2O2S.ClH/c1-16(2,12-17)18-21(19,20)15-11-7-6-10-14(15)13-8-4-3-5-9-13;/h3-11,18H,12,17H2,1-2H3;1H. The smallest absolute Gasteiger partial charge is 0.241 e. The van der Waals surface area contributed by atoms with Gasteiger partial charge in [0.1, 0.15) is 0 Å². The van der Waals surface area contributed by atoms with Crippen molar-refractivity contribution >= 4 is 22.4 Å². The molecule has 0 saturated heterocycles. The second-order valence-electron chi connectivity index (χ2n) is 5.56. The normalized spacial score (nSPS) is 11.8. The first-order valence-electron chi connectivity index (χ1n) is 6.74. The van der Waals surface area contributed by atoms with Crippen molar-refractivity contribution < 1.29 is 8.42 Å². The van der Waals surface area contributed by atoms with E-state index in [0.29, 0.717) is 5.56 Å². The van der Waals surface area contributed by atoms with Crippen molar-refractivity contribution in [2.75, 3.05) is 6.54 Å². The molecule has 0 aliphatic carbocycles. The van der Waals surface area contributed by atoms with Gasteiger partial charge in [-0.2, -0.15) is 0 Å². The lowest BCUT2D eigenvalue weighted by atomic mass is 10.1. The minimum atomic E-state index is -3.64. The number of nitrogens with one attached hydrogen (secondary N) is 1. The molecule has 3 N–H and O–H groups in total. The molecule has 2 rings (SSSR count). The molecule has 0 aliphatic rings. The predicted molar refractivity (Wildman–Crippen MR) is 92.6 cm³/mol. The van der Waals surface area contributed by atoms with E-state index in [2.05, 4.69) is 4.72 Å². The third-order valence-electron chi connectivity index (χ3n) is 3.18.